The Morgan fingerprint density at radius 2 is 2.16 bits per heavy atom. The summed E-state index contributed by atoms with van der Waals surface area (Å²) >= 11 is 0. The second-order valence-corrected chi connectivity index (χ2v) is 5.08. The molecule has 1 amide bonds. The van der Waals surface area contributed by atoms with Gasteiger partial charge in [0.1, 0.15) is 0 Å². The number of nitrogens with zero attached hydrogens (tertiary/aromatic N) is 1. The maximum atomic E-state index is 11.9. The standard InChI is InChI=1S/C14H29N3O2/c1-4-17(5-2)9-8-15-12(3)14(18)16-11-13-7-6-10-19-13/h12-13,15H,4-11H2,1-3H3,(H,16,18)/t12-,13+/m1/s1. The zero-order valence-electron chi connectivity index (χ0n) is 12.6. The lowest BCUT2D eigenvalue weighted by molar-refractivity contribution is -0.123. The Kier molecular flexibility index (Phi) is 8.02. The second kappa shape index (κ2) is 9.28. The van der Waals surface area contributed by atoms with Gasteiger partial charge in [0.25, 0.3) is 0 Å². The first kappa shape index (κ1) is 16.4. The predicted molar refractivity (Wildman–Crippen MR) is 77.2 cm³/mol. The Morgan fingerprint density at radius 3 is 2.74 bits per heavy atom. The van der Waals surface area contributed by atoms with Crippen molar-refractivity contribution in [2.45, 2.75) is 45.8 Å². The number of nitrogens with one attached hydrogen (secondary N) is 2. The van der Waals surface area contributed by atoms with Crippen molar-refractivity contribution < 1.29 is 9.53 Å². The largest absolute Gasteiger partial charge is 0.376 e. The minimum absolute atomic E-state index is 0.0649. The summed E-state index contributed by atoms with van der Waals surface area (Å²) in [5, 5.41) is 6.21. The average Bonchev–Trinajstić information content (AvgIpc) is 2.94. The number of amides is 1. The van der Waals surface area contributed by atoms with Crippen LogP contribution < -0.4 is 10.6 Å². The molecular formula is C14H29N3O2. The van der Waals surface area contributed by atoms with Crippen LogP contribution in [-0.4, -0.2) is 62.3 Å². The number of carbonyl (C=O) groups excluding carboxylic acids is 1. The van der Waals surface area contributed by atoms with Crippen LogP contribution in [0.5, 0.6) is 0 Å². The van der Waals surface area contributed by atoms with Crippen molar-refractivity contribution >= 4 is 5.91 Å². The fourth-order valence-electron chi connectivity index (χ4n) is 2.24. The van der Waals surface area contributed by atoms with E-state index in [0.29, 0.717) is 6.54 Å². The summed E-state index contributed by atoms with van der Waals surface area (Å²) in [4.78, 5) is 14.2. The fourth-order valence-corrected chi connectivity index (χ4v) is 2.24. The molecule has 112 valence electrons. The minimum Gasteiger partial charge on any atom is -0.376 e. The van der Waals surface area contributed by atoms with Gasteiger partial charge in [-0.1, -0.05) is 13.8 Å². The van der Waals surface area contributed by atoms with Gasteiger partial charge in [-0.3, -0.25) is 4.79 Å². The summed E-state index contributed by atoms with van der Waals surface area (Å²) in [5.74, 6) is 0.0649. The predicted octanol–water partition coefficient (Wildman–Crippen LogP) is 0.602. The molecular weight excluding hydrogens is 242 g/mol. The molecule has 19 heavy (non-hydrogen) atoms. The number of hydrogen-bond acceptors (Lipinski definition) is 4. The van der Waals surface area contributed by atoms with Crippen molar-refractivity contribution in [3.8, 4) is 0 Å². The lowest BCUT2D eigenvalue weighted by atomic mass is 10.2. The molecule has 0 radical (unpaired) electrons. The van der Waals surface area contributed by atoms with E-state index in [4.69, 9.17) is 4.74 Å². The second-order valence-electron chi connectivity index (χ2n) is 5.08. The van der Waals surface area contributed by atoms with E-state index in [-0.39, 0.29) is 18.1 Å². The van der Waals surface area contributed by atoms with Gasteiger partial charge < -0.3 is 20.3 Å². The molecule has 0 bridgehead atoms. The normalized spacial score (nSPS) is 20.7. The highest BCUT2D eigenvalue weighted by atomic mass is 16.5. The topological polar surface area (TPSA) is 53.6 Å². The molecule has 2 atom stereocenters. The van der Waals surface area contributed by atoms with E-state index in [1.165, 1.54) is 0 Å². The number of rotatable bonds is 9. The molecule has 5 nitrogen and oxygen atoms in total. The molecule has 1 saturated heterocycles. The molecule has 0 aliphatic carbocycles. The van der Waals surface area contributed by atoms with Crippen LogP contribution in [0.25, 0.3) is 0 Å². The first-order chi connectivity index (χ1) is 9.17. The van der Waals surface area contributed by atoms with Gasteiger partial charge >= 0.3 is 0 Å². The van der Waals surface area contributed by atoms with Crippen molar-refractivity contribution in [1.29, 1.82) is 0 Å². The molecule has 1 aliphatic heterocycles. The van der Waals surface area contributed by atoms with Gasteiger partial charge in [-0.05, 0) is 32.9 Å². The maximum absolute atomic E-state index is 11.9. The zero-order chi connectivity index (χ0) is 14.1. The van der Waals surface area contributed by atoms with Crippen LogP contribution in [-0.2, 0) is 9.53 Å². The van der Waals surface area contributed by atoms with E-state index in [1.807, 2.05) is 6.92 Å². The third-order valence-electron chi connectivity index (χ3n) is 3.69. The van der Waals surface area contributed by atoms with Crippen molar-refractivity contribution in [2.75, 3.05) is 39.3 Å². The minimum atomic E-state index is -0.142. The van der Waals surface area contributed by atoms with E-state index < -0.39 is 0 Å². The van der Waals surface area contributed by atoms with Crippen LogP contribution in [0.1, 0.15) is 33.6 Å². The highest BCUT2D eigenvalue weighted by molar-refractivity contribution is 5.81. The number of likely N-dealkylation sites (N-methyl/N-ethyl adjacent to an activating group) is 1. The Morgan fingerprint density at radius 1 is 1.42 bits per heavy atom. The van der Waals surface area contributed by atoms with E-state index in [1.54, 1.807) is 0 Å². The molecule has 0 aromatic carbocycles. The molecule has 0 spiro atoms. The number of carbonyl (C=O) groups is 1. The number of hydrogen-bond donors (Lipinski definition) is 2. The smallest absolute Gasteiger partial charge is 0.236 e. The van der Waals surface area contributed by atoms with Crippen LogP contribution in [0.4, 0.5) is 0 Å². The SMILES string of the molecule is CCN(CC)CCN[C@H](C)C(=O)NC[C@@H]1CCCO1. The van der Waals surface area contributed by atoms with Crippen molar-refractivity contribution in [1.82, 2.24) is 15.5 Å². The van der Waals surface area contributed by atoms with Crippen LogP contribution in [0.15, 0.2) is 0 Å². The Balaban J connectivity index is 2.10. The van der Waals surface area contributed by atoms with Crippen LogP contribution in [0.2, 0.25) is 0 Å². The zero-order valence-corrected chi connectivity index (χ0v) is 12.6. The molecule has 0 aromatic rings. The Labute approximate surface area is 117 Å². The Bertz CT molecular complexity index is 251. The molecule has 5 heteroatoms. The Hall–Kier alpha value is -0.650. The van der Waals surface area contributed by atoms with Gasteiger partial charge in [0, 0.05) is 26.2 Å². The third kappa shape index (κ3) is 6.36. The third-order valence-corrected chi connectivity index (χ3v) is 3.69. The molecule has 0 aromatic heterocycles. The molecule has 0 unspecified atom stereocenters. The van der Waals surface area contributed by atoms with Crippen molar-refractivity contribution in [2.24, 2.45) is 0 Å². The monoisotopic (exact) mass is 271 g/mol. The number of ether oxygens (including phenoxy) is 1. The quantitative estimate of drug-likeness (QED) is 0.645. The van der Waals surface area contributed by atoms with Crippen LogP contribution in [0, 0.1) is 0 Å². The summed E-state index contributed by atoms with van der Waals surface area (Å²) in [6.07, 6.45) is 2.38. The van der Waals surface area contributed by atoms with Gasteiger partial charge in [-0.25, -0.2) is 0 Å². The van der Waals surface area contributed by atoms with Gasteiger partial charge in [-0.2, -0.15) is 0 Å². The highest BCUT2D eigenvalue weighted by Gasteiger charge is 2.18. The summed E-state index contributed by atoms with van der Waals surface area (Å²) in [7, 11) is 0. The molecule has 2 N–H and O–H groups in total. The van der Waals surface area contributed by atoms with Crippen molar-refractivity contribution in [3.05, 3.63) is 0 Å². The highest BCUT2D eigenvalue weighted by Crippen LogP contribution is 2.10. The fraction of sp³-hybridized carbons (Fsp3) is 0.929. The lowest BCUT2D eigenvalue weighted by Crippen LogP contribution is -2.46. The van der Waals surface area contributed by atoms with Crippen LogP contribution >= 0.6 is 0 Å². The van der Waals surface area contributed by atoms with Gasteiger partial charge in [0.2, 0.25) is 5.91 Å². The van der Waals surface area contributed by atoms with Crippen molar-refractivity contribution in [3.63, 3.8) is 0 Å². The summed E-state index contributed by atoms with van der Waals surface area (Å²) in [6, 6.07) is -0.142. The van der Waals surface area contributed by atoms with E-state index in [0.717, 1.165) is 45.6 Å². The van der Waals surface area contributed by atoms with E-state index in [9.17, 15) is 4.79 Å². The maximum Gasteiger partial charge on any atom is 0.236 e. The molecule has 1 aliphatic rings. The lowest BCUT2D eigenvalue weighted by Gasteiger charge is -2.20. The summed E-state index contributed by atoms with van der Waals surface area (Å²) < 4.78 is 5.48. The van der Waals surface area contributed by atoms with E-state index in [2.05, 4.69) is 29.4 Å². The molecule has 1 fully saturated rings. The average molecular weight is 271 g/mol. The first-order valence-electron chi connectivity index (χ1n) is 7.52. The van der Waals surface area contributed by atoms with Gasteiger partial charge in [0.05, 0.1) is 12.1 Å². The molecule has 1 heterocycles. The van der Waals surface area contributed by atoms with E-state index >= 15 is 0 Å². The van der Waals surface area contributed by atoms with Crippen LogP contribution in [0.3, 0.4) is 0 Å². The summed E-state index contributed by atoms with van der Waals surface area (Å²) in [5.41, 5.74) is 0. The summed E-state index contributed by atoms with van der Waals surface area (Å²) in [6.45, 7) is 11.6. The first-order valence-corrected chi connectivity index (χ1v) is 7.52. The van der Waals surface area contributed by atoms with Gasteiger partial charge in [-0.15, -0.1) is 0 Å². The molecule has 1 rings (SSSR count). The molecule has 0 saturated carbocycles. The van der Waals surface area contributed by atoms with Gasteiger partial charge in [0.15, 0.2) is 0 Å².